The number of para-hydroxylation sites is 2. The molecule has 2 aromatic rings. The summed E-state index contributed by atoms with van der Waals surface area (Å²) in [6.07, 6.45) is -0.0439. The highest BCUT2D eigenvalue weighted by atomic mass is 32.2. The monoisotopic (exact) mass is 284 g/mol. The molecular weight excluding hydrogens is 272 g/mol. The van der Waals surface area contributed by atoms with E-state index >= 15 is 0 Å². The zero-order valence-electron chi connectivity index (χ0n) is 10.8. The van der Waals surface area contributed by atoms with Gasteiger partial charge in [-0.2, -0.15) is 0 Å². The molecule has 1 aromatic carbocycles. The van der Waals surface area contributed by atoms with Crippen LogP contribution in [0.4, 0.5) is 5.69 Å². The third-order valence-electron chi connectivity index (χ3n) is 3.28. The molecular formula is C14H12N4OS. The van der Waals surface area contributed by atoms with Crippen LogP contribution in [0.25, 0.3) is 0 Å². The number of pyridine rings is 1. The standard InChI is InChI=1S/C14H12N4OS/c1-19-11-7-6-10-13(18-11)20-14-12(16-10)15-8-4-2-3-5-9(8)17-14/h2-7,12,14,16H,1H3. The Morgan fingerprint density at radius 3 is 2.70 bits per heavy atom. The quantitative estimate of drug-likeness (QED) is 0.855. The molecule has 0 aliphatic carbocycles. The number of methoxy groups -OCH3 is 1. The maximum absolute atomic E-state index is 5.17. The summed E-state index contributed by atoms with van der Waals surface area (Å²) in [4.78, 5) is 13.9. The second-order valence-corrected chi connectivity index (χ2v) is 5.66. The molecule has 0 saturated carbocycles. The summed E-state index contributed by atoms with van der Waals surface area (Å²) >= 11 is 1.62. The molecule has 5 nitrogen and oxygen atoms in total. The topological polar surface area (TPSA) is 58.9 Å². The highest BCUT2D eigenvalue weighted by Gasteiger charge is 2.30. The lowest BCUT2D eigenvalue weighted by Crippen LogP contribution is -2.42. The molecule has 0 saturated heterocycles. The Balaban J connectivity index is 1.78. The van der Waals surface area contributed by atoms with E-state index in [2.05, 4.69) is 10.3 Å². The van der Waals surface area contributed by atoms with Crippen LogP contribution in [0.5, 0.6) is 5.88 Å². The van der Waals surface area contributed by atoms with E-state index < -0.39 is 0 Å². The van der Waals surface area contributed by atoms with Gasteiger partial charge in [-0.3, -0.25) is 9.98 Å². The summed E-state index contributed by atoms with van der Waals surface area (Å²) < 4.78 is 5.17. The number of rotatable bonds is 1. The smallest absolute Gasteiger partial charge is 0.214 e. The van der Waals surface area contributed by atoms with Crippen molar-refractivity contribution in [3.8, 4) is 5.88 Å². The van der Waals surface area contributed by atoms with Gasteiger partial charge in [0.25, 0.3) is 0 Å². The van der Waals surface area contributed by atoms with Crippen LogP contribution in [0, 0.1) is 0 Å². The maximum Gasteiger partial charge on any atom is 0.214 e. The molecule has 3 heterocycles. The lowest BCUT2D eigenvalue weighted by atomic mass is 10.3. The first-order valence-corrected chi connectivity index (χ1v) is 7.20. The number of fused-ring (bicyclic) bond motifs is 3. The van der Waals surface area contributed by atoms with Crippen molar-refractivity contribution in [2.24, 2.45) is 9.98 Å². The number of thioether (sulfide) groups is 1. The Morgan fingerprint density at radius 1 is 1.10 bits per heavy atom. The second-order valence-electron chi connectivity index (χ2n) is 4.55. The lowest BCUT2D eigenvalue weighted by molar-refractivity contribution is 0.394. The first kappa shape index (κ1) is 11.7. The van der Waals surface area contributed by atoms with Gasteiger partial charge in [0, 0.05) is 6.07 Å². The molecule has 6 heteroatoms. The molecule has 2 aliphatic heterocycles. The van der Waals surface area contributed by atoms with Gasteiger partial charge in [0.05, 0.1) is 23.5 Å². The van der Waals surface area contributed by atoms with Crippen molar-refractivity contribution >= 4 is 17.4 Å². The number of hydrogen-bond donors (Lipinski definition) is 1. The largest absolute Gasteiger partial charge is 0.481 e. The van der Waals surface area contributed by atoms with Crippen molar-refractivity contribution in [2.75, 3.05) is 12.4 Å². The highest BCUT2D eigenvalue weighted by molar-refractivity contribution is 8.00. The summed E-state index contributed by atoms with van der Waals surface area (Å²) in [5.74, 6) is 0.615. The van der Waals surface area contributed by atoms with Crippen LogP contribution in [-0.4, -0.2) is 23.6 Å². The van der Waals surface area contributed by atoms with E-state index in [-0.39, 0.29) is 11.5 Å². The average molecular weight is 284 g/mol. The molecule has 20 heavy (non-hydrogen) atoms. The molecule has 4 rings (SSSR count). The first-order chi connectivity index (χ1) is 9.83. The number of hydrogen-bond acceptors (Lipinski definition) is 6. The Kier molecular flexibility index (Phi) is 2.63. The van der Waals surface area contributed by atoms with Crippen molar-refractivity contribution < 1.29 is 4.74 Å². The molecule has 2 atom stereocenters. The normalized spacial score (nSPS) is 22.2. The van der Waals surface area contributed by atoms with Crippen molar-refractivity contribution in [1.29, 1.82) is 0 Å². The van der Waals surface area contributed by atoms with E-state index in [0.717, 1.165) is 21.4 Å². The molecule has 0 fully saturated rings. The fraction of sp³-hybridized carbons (Fsp3) is 0.214. The molecule has 0 amide bonds. The SMILES string of the molecule is COc1ccc2c(n1)SC1N=c3ccccc3=NC1N2. The minimum atomic E-state index is -0.0439. The van der Waals surface area contributed by atoms with Gasteiger partial charge in [-0.05, 0) is 18.2 Å². The molecule has 1 N–H and O–H groups in total. The number of aromatic nitrogens is 1. The third-order valence-corrected chi connectivity index (χ3v) is 4.42. The predicted octanol–water partition coefficient (Wildman–Crippen LogP) is 1.21. The van der Waals surface area contributed by atoms with Gasteiger partial charge in [0.1, 0.15) is 10.4 Å². The van der Waals surface area contributed by atoms with Gasteiger partial charge < -0.3 is 10.1 Å². The molecule has 0 spiro atoms. The van der Waals surface area contributed by atoms with Crippen molar-refractivity contribution in [1.82, 2.24) is 4.98 Å². The number of anilines is 1. The van der Waals surface area contributed by atoms with E-state index in [9.17, 15) is 0 Å². The van der Waals surface area contributed by atoms with Crippen LogP contribution in [0.2, 0.25) is 0 Å². The summed E-state index contributed by atoms with van der Waals surface area (Å²) in [5.41, 5.74) is 0.982. The molecule has 0 radical (unpaired) electrons. The summed E-state index contributed by atoms with van der Waals surface area (Å²) in [6.45, 7) is 0. The number of benzene rings is 1. The molecule has 100 valence electrons. The lowest BCUT2D eigenvalue weighted by Gasteiger charge is -2.30. The molecule has 0 bridgehead atoms. The maximum atomic E-state index is 5.17. The summed E-state index contributed by atoms with van der Waals surface area (Å²) in [6, 6.07) is 11.8. The Morgan fingerprint density at radius 2 is 1.90 bits per heavy atom. The van der Waals surface area contributed by atoms with Gasteiger partial charge in [-0.15, -0.1) is 0 Å². The molecule has 2 aliphatic rings. The highest BCUT2D eigenvalue weighted by Crippen LogP contribution is 2.38. The van der Waals surface area contributed by atoms with Crippen LogP contribution in [-0.2, 0) is 0 Å². The zero-order chi connectivity index (χ0) is 13.5. The fourth-order valence-corrected chi connectivity index (χ4v) is 3.36. The number of ether oxygens (including phenoxy) is 1. The molecule has 1 aromatic heterocycles. The van der Waals surface area contributed by atoms with Crippen molar-refractivity contribution in [3.05, 3.63) is 47.1 Å². The van der Waals surface area contributed by atoms with Gasteiger partial charge in [-0.25, -0.2) is 4.98 Å². The summed E-state index contributed by atoms with van der Waals surface area (Å²) in [7, 11) is 1.62. The van der Waals surface area contributed by atoms with E-state index in [4.69, 9.17) is 14.7 Å². The van der Waals surface area contributed by atoms with E-state index in [1.54, 1.807) is 18.9 Å². The van der Waals surface area contributed by atoms with Crippen molar-refractivity contribution in [3.63, 3.8) is 0 Å². The minimum absolute atomic E-state index is 0.0111. The zero-order valence-corrected chi connectivity index (χ0v) is 11.6. The third kappa shape index (κ3) is 1.84. The summed E-state index contributed by atoms with van der Waals surface area (Å²) in [5, 5.41) is 6.19. The van der Waals surface area contributed by atoms with Crippen LogP contribution < -0.4 is 20.8 Å². The minimum Gasteiger partial charge on any atom is -0.481 e. The van der Waals surface area contributed by atoms with Gasteiger partial charge in [-0.1, -0.05) is 23.9 Å². The Labute approximate surface area is 119 Å². The van der Waals surface area contributed by atoms with Crippen LogP contribution in [0.15, 0.2) is 51.4 Å². The van der Waals surface area contributed by atoms with Crippen LogP contribution in [0.3, 0.4) is 0 Å². The van der Waals surface area contributed by atoms with Crippen LogP contribution >= 0.6 is 11.8 Å². The molecule has 2 unspecified atom stereocenters. The van der Waals surface area contributed by atoms with E-state index in [1.807, 2.05) is 36.4 Å². The van der Waals surface area contributed by atoms with E-state index in [0.29, 0.717) is 5.88 Å². The number of nitrogens with zero attached hydrogens (tertiary/aromatic N) is 3. The number of nitrogens with one attached hydrogen (secondary N) is 1. The second kappa shape index (κ2) is 4.49. The first-order valence-electron chi connectivity index (χ1n) is 6.32. The van der Waals surface area contributed by atoms with E-state index in [1.165, 1.54) is 0 Å². The van der Waals surface area contributed by atoms with Gasteiger partial charge >= 0.3 is 0 Å². The fourth-order valence-electron chi connectivity index (χ4n) is 2.31. The van der Waals surface area contributed by atoms with Crippen molar-refractivity contribution in [2.45, 2.75) is 16.6 Å². The van der Waals surface area contributed by atoms with Gasteiger partial charge in [0.15, 0.2) is 6.17 Å². The Bertz CT molecular complexity index is 792. The average Bonchev–Trinajstić information content (AvgIpc) is 2.50. The van der Waals surface area contributed by atoms with Crippen LogP contribution in [0.1, 0.15) is 0 Å². The Hall–Kier alpha value is -2.08. The predicted molar refractivity (Wildman–Crippen MR) is 76.6 cm³/mol. The van der Waals surface area contributed by atoms with Gasteiger partial charge in [0.2, 0.25) is 5.88 Å².